The van der Waals surface area contributed by atoms with Crippen LogP contribution in [0.25, 0.3) is 11.5 Å². The lowest BCUT2D eigenvalue weighted by molar-refractivity contribution is 0.822. The van der Waals surface area contributed by atoms with Gasteiger partial charge in [0.25, 0.3) is 0 Å². The molecular weight excluding hydrogens is 216 g/mol. The first-order valence-corrected chi connectivity index (χ1v) is 5.49. The molecule has 0 aliphatic carbocycles. The molecule has 17 heavy (non-hydrogen) atoms. The van der Waals surface area contributed by atoms with Crippen LogP contribution in [0.15, 0.2) is 12.3 Å². The maximum absolute atomic E-state index is 5.66. The highest BCUT2D eigenvalue weighted by molar-refractivity contribution is 5.49. The smallest absolute Gasteiger partial charge is 0.223 e. The SMILES string of the molecule is CCCc1nc(N)nc(-c2ccnc(C)n2)n1. The second kappa shape index (κ2) is 4.82. The number of aryl methyl sites for hydroxylation is 2. The molecule has 2 rings (SSSR count). The molecule has 0 spiro atoms. The largest absolute Gasteiger partial charge is 0.368 e. The van der Waals surface area contributed by atoms with Crippen molar-refractivity contribution in [3.63, 3.8) is 0 Å². The van der Waals surface area contributed by atoms with Gasteiger partial charge in [-0.2, -0.15) is 9.97 Å². The first kappa shape index (κ1) is 11.4. The van der Waals surface area contributed by atoms with E-state index in [4.69, 9.17) is 5.73 Å². The molecule has 6 heteroatoms. The topological polar surface area (TPSA) is 90.5 Å². The van der Waals surface area contributed by atoms with Gasteiger partial charge in [0.1, 0.15) is 17.3 Å². The molecule has 0 aliphatic rings. The minimum Gasteiger partial charge on any atom is -0.368 e. The average molecular weight is 230 g/mol. The van der Waals surface area contributed by atoms with Gasteiger partial charge in [-0.1, -0.05) is 6.92 Å². The molecule has 2 heterocycles. The number of hydrogen-bond donors (Lipinski definition) is 1. The van der Waals surface area contributed by atoms with E-state index in [1.807, 2.05) is 6.92 Å². The van der Waals surface area contributed by atoms with Gasteiger partial charge in [-0.3, -0.25) is 0 Å². The molecule has 2 aromatic rings. The zero-order valence-electron chi connectivity index (χ0n) is 9.88. The molecule has 0 unspecified atom stereocenters. The highest BCUT2D eigenvalue weighted by atomic mass is 15.1. The number of rotatable bonds is 3. The number of hydrogen-bond acceptors (Lipinski definition) is 6. The van der Waals surface area contributed by atoms with Crippen LogP contribution in [0.5, 0.6) is 0 Å². The number of anilines is 1. The van der Waals surface area contributed by atoms with Gasteiger partial charge in [0.2, 0.25) is 5.95 Å². The standard InChI is InChI=1S/C11H14N6/c1-3-4-9-15-10(17-11(12)16-9)8-5-6-13-7(2)14-8/h5-6H,3-4H2,1-2H3,(H2,12,15,16,17). The van der Waals surface area contributed by atoms with E-state index in [2.05, 4.69) is 31.8 Å². The van der Waals surface area contributed by atoms with Gasteiger partial charge in [-0.25, -0.2) is 15.0 Å². The summed E-state index contributed by atoms with van der Waals surface area (Å²) in [4.78, 5) is 20.8. The number of nitrogen functional groups attached to an aromatic ring is 1. The van der Waals surface area contributed by atoms with E-state index in [1.54, 1.807) is 12.3 Å². The quantitative estimate of drug-likeness (QED) is 0.851. The Morgan fingerprint density at radius 2 is 2.00 bits per heavy atom. The lowest BCUT2D eigenvalue weighted by atomic mass is 10.3. The Morgan fingerprint density at radius 1 is 1.18 bits per heavy atom. The van der Waals surface area contributed by atoms with Gasteiger partial charge in [0, 0.05) is 12.6 Å². The number of aromatic nitrogens is 5. The van der Waals surface area contributed by atoms with Crippen molar-refractivity contribution in [2.24, 2.45) is 0 Å². The minimum absolute atomic E-state index is 0.231. The van der Waals surface area contributed by atoms with Crippen LogP contribution in [0.2, 0.25) is 0 Å². The molecule has 2 aromatic heterocycles. The highest BCUT2D eigenvalue weighted by Gasteiger charge is 2.07. The summed E-state index contributed by atoms with van der Waals surface area (Å²) in [5.74, 6) is 2.12. The normalized spacial score (nSPS) is 10.5. The fraction of sp³-hybridized carbons (Fsp3) is 0.364. The predicted octanol–water partition coefficient (Wildman–Crippen LogP) is 1.17. The van der Waals surface area contributed by atoms with Gasteiger partial charge in [0.05, 0.1) is 0 Å². The van der Waals surface area contributed by atoms with Crippen molar-refractivity contribution in [2.75, 3.05) is 5.73 Å². The van der Waals surface area contributed by atoms with Crippen LogP contribution in [0.3, 0.4) is 0 Å². The Hall–Kier alpha value is -2.11. The Bertz CT molecular complexity index is 525. The van der Waals surface area contributed by atoms with Crippen LogP contribution < -0.4 is 5.73 Å². The molecular formula is C11H14N6. The van der Waals surface area contributed by atoms with Crippen molar-refractivity contribution in [2.45, 2.75) is 26.7 Å². The Labute approximate surface area is 99.4 Å². The van der Waals surface area contributed by atoms with Gasteiger partial charge in [-0.05, 0) is 19.4 Å². The van der Waals surface area contributed by atoms with E-state index in [9.17, 15) is 0 Å². The van der Waals surface area contributed by atoms with Gasteiger partial charge in [0.15, 0.2) is 5.82 Å². The van der Waals surface area contributed by atoms with Crippen LogP contribution in [0, 0.1) is 6.92 Å². The molecule has 0 saturated carbocycles. The van der Waals surface area contributed by atoms with E-state index in [0.717, 1.165) is 12.8 Å². The molecule has 0 aromatic carbocycles. The monoisotopic (exact) mass is 230 g/mol. The van der Waals surface area contributed by atoms with Crippen molar-refractivity contribution >= 4 is 5.95 Å². The second-order valence-electron chi connectivity index (χ2n) is 3.67. The molecule has 0 radical (unpaired) electrons. The second-order valence-corrected chi connectivity index (χ2v) is 3.67. The van der Waals surface area contributed by atoms with Gasteiger partial charge < -0.3 is 5.73 Å². The van der Waals surface area contributed by atoms with Crippen molar-refractivity contribution in [1.82, 2.24) is 24.9 Å². The van der Waals surface area contributed by atoms with Crippen molar-refractivity contribution in [3.8, 4) is 11.5 Å². The van der Waals surface area contributed by atoms with Crippen LogP contribution >= 0.6 is 0 Å². The zero-order chi connectivity index (χ0) is 12.3. The molecule has 0 atom stereocenters. The molecule has 0 saturated heterocycles. The summed E-state index contributed by atoms with van der Waals surface area (Å²) in [6, 6.07) is 1.76. The van der Waals surface area contributed by atoms with Crippen LogP contribution in [0.1, 0.15) is 25.0 Å². The van der Waals surface area contributed by atoms with E-state index in [1.165, 1.54) is 0 Å². The summed E-state index contributed by atoms with van der Waals surface area (Å²) >= 11 is 0. The molecule has 0 aliphatic heterocycles. The zero-order valence-corrected chi connectivity index (χ0v) is 9.88. The molecule has 2 N–H and O–H groups in total. The molecule has 88 valence electrons. The maximum atomic E-state index is 5.66. The third-order valence-corrected chi connectivity index (χ3v) is 2.18. The molecule has 6 nitrogen and oxygen atoms in total. The predicted molar refractivity (Wildman–Crippen MR) is 64.0 cm³/mol. The average Bonchev–Trinajstić information content (AvgIpc) is 2.28. The Balaban J connectivity index is 2.44. The molecule has 0 bridgehead atoms. The van der Waals surface area contributed by atoms with Crippen LogP contribution in [-0.2, 0) is 6.42 Å². The fourth-order valence-electron chi connectivity index (χ4n) is 1.47. The van der Waals surface area contributed by atoms with Crippen molar-refractivity contribution in [3.05, 3.63) is 23.9 Å². The first-order chi connectivity index (χ1) is 8.19. The third kappa shape index (κ3) is 2.72. The first-order valence-electron chi connectivity index (χ1n) is 5.49. The summed E-state index contributed by atoms with van der Waals surface area (Å²) in [6.07, 6.45) is 3.42. The summed E-state index contributed by atoms with van der Waals surface area (Å²) in [5, 5.41) is 0. The van der Waals surface area contributed by atoms with E-state index >= 15 is 0 Å². The lowest BCUT2D eigenvalue weighted by Crippen LogP contribution is -2.06. The third-order valence-electron chi connectivity index (χ3n) is 2.18. The van der Waals surface area contributed by atoms with E-state index in [-0.39, 0.29) is 5.95 Å². The fourth-order valence-corrected chi connectivity index (χ4v) is 1.47. The summed E-state index contributed by atoms with van der Waals surface area (Å²) in [5.41, 5.74) is 6.33. The number of nitrogens with zero attached hydrogens (tertiary/aromatic N) is 5. The lowest BCUT2D eigenvalue weighted by Gasteiger charge is -2.03. The van der Waals surface area contributed by atoms with Crippen molar-refractivity contribution < 1.29 is 0 Å². The summed E-state index contributed by atoms with van der Waals surface area (Å²) < 4.78 is 0. The van der Waals surface area contributed by atoms with Gasteiger partial charge in [-0.15, -0.1) is 0 Å². The summed E-state index contributed by atoms with van der Waals surface area (Å²) in [6.45, 7) is 3.88. The van der Waals surface area contributed by atoms with Crippen LogP contribution in [-0.4, -0.2) is 24.9 Å². The Morgan fingerprint density at radius 3 is 2.71 bits per heavy atom. The van der Waals surface area contributed by atoms with Gasteiger partial charge >= 0.3 is 0 Å². The van der Waals surface area contributed by atoms with Crippen LogP contribution in [0.4, 0.5) is 5.95 Å². The summed E-state index contributed by atoms with van der Waals surface area (Å²) in [7, 11) is 0. The maximum Gasteiger partial charge on any atom is 0.223 e. The highest BCUT2D eigenvalue weighted by Crippen LogP contribution is 2.12. The minimum atomic E-state index is 0.231. The van der Waals surface area contributed by atoms with E-state index in [0.29, 0.717) is 23.2 Å². The number of nitrogens with two attached hydrogens (primary N) is 1. The Kier molecular flexibility index (Phi) is 3.22. The van der Waals surface area contributed by atoms with E-state index < -0.39 is 0 Å². The van der Waals surface area contributed by atoms with Crippen molar-refractivity contribution in [1.29, 1.82) is 0 Å². The molecule has 0 fully saturated rings. The molecule has 0 amide bonds.